The summed E-state index contributed by atoms with van der Waals surface area (Å²) in [6, 6.07) is 15.7. The molecule has 3 aromatic rings. The Morgan fingerprint density at radius 2 is 1.69 bits per heavy atom. The molecule has 1 unspecified atom stereocenters. The van der Waals surface area contributed by atoms with Gasteiger partial charge in [-0.3, -0.25) is 9.36 Å². The van der Waals surface area contributed by atoms with Gasteiger partial charge < -0.3 is 5.32 Å². The molecule has 0 aliphatic carbocycles. The summed E-state index contributed by atoms with van der Waals surface area (Å²) >= 11 is 7.43. The van der Waals surface area contributed by atoms with Gasteiger partial charge in [0.15, 0.2) is 11.0 Å². The molecule has 2 aromatic carbocycles. The molecule has 0 radical (unpaired) electrons. The van der Waals surface area contributed by atoms with Crippen molar-refractivity contribution in [2.24, 2.45) is 0 Å². The summed E-state index contributed by atoms with van der Waals surface area (Å²) < 4.78 is 1.98. The highest BCUT2D eigenvalue weighted by atomic mass is 35.5. The number of hydrogen-bond acceptors (Lipinski definition) is 4. The number of halogens is 1. The molecule has 152 valence electrons. The first kappa shape index (κ1) is 21.4. The number of rotatable bonds is 5. The van der Waals surface area contributed by atoms with Crippen molar-refractivity contribution >= 4 is 29.3 Å². The number of hydrogen-bond donors (Lipinski definition) is 1. The third-order valence-electron chi connectivity index (χ3n) is 4.18. The molecule has 3 rings (SSSR count). The highest BCUT2D eigenvalue weighted by Crippen LogP contribution is 2.31. The lowest BCUT2D eigenvalue weighted by Crippen LogP contribution is -2.44. The molecule has 1 N–H and O–H groups in total. The molecule has 5 nitrogen and oxygen atoms in total. The quantitative estimate of drug-likeness (QED) is 0.561. The molecule has 0 bridgehead atoms. The van der Waals surface area contributed by atoms with E-state index in [0.29, 0.717) is 16.0 Å². The fourth-order valence-electron chi connectivity index (χ4n) is 2.74. The van der Waals surface area contributed by atoms with Crippen molar-refractivity contribution in [2.45, 2.75) is 50.6 Å². The van der Waals surface area contributed by atoms with E-state index in [9.17, 15) is 4.79 Å². The van der Waals surface area contributed by atoms with Gasteiger partial charge in [-0.25, -0.2) is 0 Å². The number of nitrogens with zero attached hydrogens (tertiary/aromatic N) is 3. The van der Waals surface area contributed by atoms with Crippen molar-refractivity contribution in [1.82, 2.24) is 20.1 Å². The normalized spacial score (nSPS) is 12.6. The first-order valence-corrected chi connectivity index (χ1v) is 10.7. The lowest BCUT2D eigenvalue weighted by Gasteiger charge is -2.23. The topological polar surface area (TPSA) is 59.8 Å². The fraction of sp³-hybridized carbons (Fsp3) is 0.318. The van der Waals surface area contributed by atoms with E-state index in [4.69, 9.17) is 11.6 Å². The van der Waals surface area contributed by atoms with E-state index in [0.717, 1.165) is 11.3 Å². The van der Waals surface area contributed by atoms with Crippen LogP contribution < -0.4 is 5.32 Å². The minimum atomic E-state index is -0.319. The number of carbonyl (C=O) groups is 1. The Balaban J connectivity index is 2.00. The number of aromatic nitrogens is 3. The maximum atomic E-state index is 12.6. The van der Waals surface area contributed by atoms with Crippen molar-refractivity contribution in [2.75, 3.05) is 0 Å². The zero-order valence-corrected chi connectivity index (χ0v) is 18.8. The third kappa shape index (κ3) is 5.40. The predicted octanol–water partition coefficient (Wildman–Crippen LogP) is 5.29. The Kier molecular flexibility index (Phi) is 6.34. The number of carbonyl (C=O) groups excluding carboxylic acids is 1. The van der Waals surface area contributed by atoms with Crippen LogP contribution in [0.2, 0.25) is 5.02 Å². The first-order valence-electron chi connectivity index (χ1n) is 9.41. The SMILES string of the molecule is Cc1ccc(-n2c(SC(C)C(=O)NC(C)(C)C)nnc2-c2ccc(Cl)cc2)cc1. The molecule has 1 amide bonds. The molecule has 1 atom stereocenters. The fourth-order valence-corrected chi connectivity index (χ4v) is 3.74. The van der Waals surface area contributed by atoms with Gasteiger partial charge in [0, 0.05) is 21.8 Å². The Labute approximate surface area is 180 Å². The van der Waals surface area contributed by atoms with E-state index < -0.39 is 0 Å². The van der Waals surface area contributed by atoms with Crippen molar-refractivity contribution in [3.8, 4) is 17.1 Å². The number of thioether (sulfide) groups is 1. The van der Waals surface area contributed by atoms with Gasteiger partial charge in [0.1, 0.15) is 0 Å². The molecule has 0 aliphatic rings. The van der Waals surface area contributed by atoms with Gasteiger partial charge in [-0.1, -0.05) is 41.1 Å². The van der Waals surface area contributed by atoms with Crippen LogP contribution in [0, 0.1) is 6.92 Å². The Bertz CT molecular complexity index is 991. The van der Waals surface area contributed by atoms with Crippen LogP contribution >= 0.6 is 23.4 Å². The number of nitrogens with one attached hydrogen (secondary N) is 1. The minimum absolute atomic E-state index is 0.0333. The Hall–Kier alpha value is -2.31. The summed E-state index contributed by atoms with van der Waals surface area (Å²) in [5, 5.41) is 12.8. The number of amides is 1. The number of benzene rings is 2. The monoisotopic (exact) mass is 428 g/mol. The van der Waals surface area contributed by atoms with Gasteiger partial charge in [0.2, 0.25) is 5.91 Å². The van der Waals surface area contributed by atoms with E-state index in [-0.39, 0.29) is 16.7 Å². The highest BCUT2D eigenvalue weighted by Gasteiger charge is 2.24. The standard InChI is InChI=1S/C22H25ClN4OS/c1-14-6-12-18(13-7-14)27-19(16-8-10-17(23)11-9-16)25-26-21(27)29-15(2)20(28)24-22(3,4)5/h6-13,15H,1-5H3,(H,24,28). The maximum Gasteiger partial charge on any atom is 0.233 e. The van der Waals surface area contributed by atoms with Crippen LogP contribution in [0.25, 0.3) is 17.1 Å². The van der Waals surface area contributed by atoms with Crippen LogP contribution in [-0.2, 0) is 4.79 Å². The smallest absolute Gasteiger partial charge is 0.233 e. The Morgan fingerprint density at radius 1 is 1.07 bits per heavy atom. The van der Waals surface area contributed by atoms with E-state index in [1.165, 1.54) is 17.3 Å². The van der Waals surface area contributed by atoms with Gasteiger partial charge >= 0.3 is 0 Å². The summed E-state index contributed by atoms with van der Waals surface area (Å²) in [4.78, 5) is 12.6. The molecule has 1 aromatic heterocycles. The second-order valence-corrected chi connectivity index (χ2v) is 9.73. The van der Waals surface area contributed by atoms with Crippen molar-refractivity contribution in [3.63, 3.8) is 0 Å². The molecule has 1 heterocycles. The molecule has 0 fully saturated rings. The van der Waals surface area contributed by atoms with Crippen LogP contribution in [0.3, 0.4) is 0 Å². The van der Waals surface area contributed by atoms with Crippen LogP contribution in [0.15, 0.2) is 53.7 Å². The molecule has 0 spiro atoms. The number of aryl methyl sites for hydroxylation is 1. The van der Waals surface area contributed by atoms with E-state index in [2.05, 4.69) is 15.5 Å². The molecular weight excluding hydrogens is 404 g/mol. The van der Waals surface area contributed by atoms with E-state index >= 15 is 0 Å². The zero-order valence-electron chi connectivity index (χ0n) is 17.2. The highest BCUT2D eigenvalue weighted by molar-refractivity contribution is 8.00. The van der Waals surface area contributed by atoms with Gasteiger partial charge in [-0.05, 0) is 71.0 Å². The maximum absolute atomic E-state index is 12.6. The van der Waals surface area contributed by atoms with Crippen LogP contribution in [-0.4, -0.2) is 31.5 Å². The van der Waals surface area contributed by atoms with Crippen LogP contribution in [0.1, 0.15) is 33.3 Å². The summed E-state index contributed by atoms with van der Waals surface area (Å²) in [5.41, 5.74) is 2.73. The largest absolute Gasteiger partial charge is 0.351 e. The average Bonchev–Trinajstić information content (AvgIpc) is 3.05. The molecule has 7 heteroatoms. The molecule has 29 heavy (non-hydrogen) atoms. The molecule has 0 saturated heterocycles. The van der Waals surface area contributed by atoms with Crippen molar-refractivity contribution in [3.05, 3.63) is 59.1 Å². The molecule has 0 aliphatic heterocycles. The predicted molar refractivity (Wildman–Crippen MR) is 120 cm³/mol. The Morgan fingerprint density at radius 3 is 2.28 bits per heavy atom. The summed E-state index contributed by atoms with van der Waals surface area (Å²) in [6.45, 7) is 9.83. The lowest BCUT2D eigenvalue weighted by atomic mass is 10.1. The van der Waals surface area contributed by atoms with Gasteiger partial charge in [0.05, 0.1) is 5.25 Å². The zero-order chi connectivity index (χ0) is 21.2. The van der Waals surface area contributed by atoms with E-state index in [1.807, 2.05) is 87.7 Å². The first-order chi connectivity index (χ1) is 13.6. The summed E-state index contributed by atoms with van der Waals surface area (Å²) in [7, 11) is 0. The summed E-state index contributed by atoms with van der Waals surface area (Å²) in [5.74, 6) is 0.672. The average molecular weight is 429 g/mol. The van der Waals surface area contributed by atoms with Crippen LogP contribution in [0.5, 0.6) is 0 Å². The molecular formula is C22H25ClN4OS. The van der Waals surface area contributed by atoms with Crippen molar-refractivity contribution < 1.29 is 4.79 Å². The van der Waals surface area contributed by atoms with E-state index in [1.54, 1.807) is 0 Å². The van der Waals surface area contributed by atoms with Gasteiger partial charge in [-0.15, -0.1) is 10.2 Å². The summed E-state index contributed by atoms with van der Waals surface area (Å²) in [6.07, 6.45) is 0. The lowest BCUT2D eigenvalue weighted by molar-refractivity contribution is -0.121. The second kappa shape index (κ2) is 8.59. The van der Waals surface area contributed by atoms with Gasteiger partial charge in [-0.2, -0.15) is 0 Å². The second-order valence-electron chi connectivity index (χ2n) is 7.98. The van der Waals surface area contributed by atoms with Gasteiger partial charge in [0.25, 0.3) is 0 Å². The van der Waals surface area contributed by atoms with Crippen LogP contribution in [0.4, 0.5) is 0 Å². The molecule has 0 saturated carbocycles. The third-order valence-corrected chi connectivity index (χ3v) is 5.47. The van der Waals surface area contributed by atoms with Crippen molar-refractivity contribution in [1.29, 1.82) is 0 Å². The minimum Gasteiger partial charge on any atom is -0.351 e.